The number of methoxy groups -OCH3 is 1. The van der Waals surface area contributed by atoms with E-state index in [1.165, 1.54) is 7.11 Å². The van der Waals surface area contributed by atoms with Gasteiger partial charge in [-0.2, -0.15) is 0 Å². The third kappa shape index (κ3) is 6.55. The first-order valence-electron chi connectivity index (χ1n) is 11.6. The van der Waals surface area contributed by atoms with Crippen molar-refractivity contribution in [2.45, 2.75) is 64.2 Å². The monoisotopic (exact) mass is 468 g/mol. The highest BCUT2D eigenvalue weighted by molar-refractivity contribution is 6.76. The van der Waals surface area contributed by atoms with Gasteiger partial charge < -0.3 is 14.2 Å². The smallest absolute Gasteiger partial charge is 0.309 e. The number of hydrogen-bond acceptors (Lipinski definition) is 5. The van der Waals surface area contributed by atoms with E-state index in [0.29, 0.717) is 24.3 Å². The van der Waals surface area contributed by atoms with Gasteiger partial charge in [-0.25, -0.2) is 0 Å². The van der Waals surface area contributed by atoms with Crippen LogP contribution in [0.1, 0.15) is 48.2 Å². The molecule has 0 amide bonds. The number of rotatable bonds is 9. The molecule has 2 aromatic rings. The van der Waals surface area contributed by atoms with Crippen LogP contribution in [-0.2, 0) is 26.1 Å². The first kappa shape index (κ1) is 25.2. The molecular formula is C27H36O5Si. The van der Waals surface area contributed by atoms with Gasteiger partial charge in [0.25, 0.3) is 0 Å². The number of fused-ring (bicyclic) bond motifs is 1. The molecule has 0 unspecified atom stereocenters. The van der Waals surface area contributed by atoms with Gasteiger partial charge in [0.1, 0.15) is 5.75 Å². The Morgan fingerprint density at radius 1 is 1.06 bits per heavy atom. The van der Waals surface area contributed by atoms with Crippen LogP contribution in [0.15, 0.2) is 36.4 Å². The van der Waals surface area contributed by atoms with Crippen molar-refractivity contribution in [3.05, 3.63) is 53.1 Å². The molecule has 3 rings (SSSR count). The van der Waals surface area contributed by atoms with Crippen LogP contribution in [0.3, 0.4) is 0 Å². The summed E-state index contributed by atoms with van der Waals surface area (Å²) in [4.78, 5) is 24.4. The summed E-state index contributed by atoms with van der Waals surface area (Å²) in [5.41, 5.74) is 4.47. The standard InChI is InChI=1S/C27H36O5Si/c1-27(2)12-11-23(28)26-22(27)16-21(17-24(26)32-18-31-13-14-33(4,5)6)20-9-7-19(8-10-20)15-25(29)30-3/h7-10,16-17H,11-15,18H2,1-6H3. The zero-order valence-electron chi connectivity index (χ0n) is 20.7. The Morgan fingerprint density at radius 2 is 1.76 bits per heavy atom. The maximum atomic E-state index is 12.9. The lowest BCUT2D eigenvalue weighted by Crippen LogP contribution is -2.28. The number of hydrogen-bond donors (Lipinski definition) is 0. The highest BCUT2D eigenvalue weighted by atomic mass is 28.3. The minimum absolute atomic E-state index is 0.124. The van der Waals surface area contributed by atoms with E-state index in [1.807, 2.05) is 30.3 Å². The second-order valence-electron chi connectivity index (χ2n) is 10.6. The van der Waals surface area contributed by atoms with Crippen molar-refractivity contribution in [3.63, 3.8) is 0 Å². The second kappa shape index (κ2) is 10.2. The molecule has 0 atom stereocenters. The number of ether oxygens (including phenoxy) is 3. The molecule has 6 heteroatoms. The molecule has 0 radical (unpaired) electrons. The summed E-state index contributed by atoms with van der Waals surface area (Å²) in [6.07, 6.45) is 1.58. The van der Waals surface area contributed by atoms with Gasteiger partial charge in [0.2, 0.25) is 0 Å². The number of Topliss-reactive ketones (excluding diaryl/α,β-unsaturated/α-hetero) is 1. The van der Waals surface area contributed by atoms with E-state index >= 15 is 0 Å². The molecule has 0 aromatic heterocycles. The maximum absolute atomic E-state index is 12.9. The van der Waals surface area contributed by atoms with E-state index in [9.17, 15) is 9.59 Å². The Labute approximate surface area is 198 Å². The lowest BCUT2D eigenvalue weighted by atomic mass is 9.71. The lowest BCUT2D eigenvalue weighted by molar-refractivity contribution is -0.139. The Balaban J connectivity index is 1.89. The number of esters is 1. The van der Waals surface area contributed by atoms with Crippen LogP contribution in [-0.4, -0.2) is 40.3 Å². The fraction of sp³-hybridized carbons (Fsp3) is 0.481. The van der Waals surface area contributed by atoms with Gasteiger partial charge >= 0.3 is 5.97 Å². The number of carbonyl (C=O) groups is 2. The largest absolute Gasteiger partial charge is 0.469 e. The van der Waals surface area contributed by atoms with E-state index < -0.39 is 8.07 Å². The average molecular weight is 469 g/mol. The summed E-state index contributed by atoms with van der Waals surface area (Å²) >= 11 is 0. The molecule has 5 nitrogen and oxygen atoms in total. The van der Waals surface area contributed by atoms with E-state index in [4.69, 9.17) is 14.2 Å². The van der Waals surface area contributed by atoms with Gasteiger partial charge in [-0.15, -0.1) is 0 Å². The van der Waals surface area contributed by atoms with Crippen molar-refractivity contribution in [2.75, 3.05) is 20.5 Å². The predicted molar refractivity (Wildman–Crippen MR) is 134 cm³/mol. The maximum Gasteiger partial charge on any atom is 0.309 e. The quantitative estimate of drug-likeness (QED) is 0.195. The normalized spacial score (nSPS) is 15.2. The first-order valence-corrected chi connectivity index (χ1v) is 15.3. The number of ketones is 1. The molecule has 0 fully saturated rings. The van der Waals surface area contributed by atoms with Crippen molar-refractivity contribution in [1.82, 2.24) is 0 Å². The van der Waals surface area contributed by atoms with Crippen molar-refractivity contribution in [2.24, 2.45) is 0 Å². The Hall–Kier alpha value is -2.44. The summed E-state index contributed by atoms with van der Waals surface area (Å²) in [6.45, 7) is 12.1. The van der Waals surface area contributed by atoms with Crippen molar-refractivity contribution >= 4 is 19.8 Å². The fourth-order valence-corrected chi connectivity index (χ4v) is 4.76. The number of carbonyl (C=O) groups excluding carboxylic acids is 2. The van der Waals surface area contributed by atoms with Crippen molar-refractivity contribution in [1.29, 1.82) is 0 Å². The predicted octanol–water partition coefficient (Wildman–Crippen LogP) is 6.01. The van der Waals surface area contributed by atoms with Crippen molar-refractivity contribution < 1.29 is 23.8 Å². The summed E-state index contributed by atoms with van der Waals surface area (Å²) in [5.74, 6) is 0.454. The Kier molecular flexibility index (Phi) is 7.80. The third-order valence-corrected chi connectivity index (χ3v) is 7.95. The molecule has 0 N–H and O–H groups in total. The topological polar surface area (TPSA) is 61.8 Å². The van der Waals surface area contributed by atoms with Gasteiger partial charge in [0, 0.05) is 21.1 Å². The SMILES string of the molecule is COC(=O)Cc1ccc(-c2cc(OCOCC[Si](C)(C)C)c3c(c2)C(C)(C)CCC3=O)cc1. The van der Waals surface area contributed by atoms with Gasteiger partial charge in [-0.1, -0.05) is 57.8 Å². The Morgan fingerprint density at radius 3 is 2.39 bits per heavy atom. The summed E-state index contributed by atoms with van der Waals surface area (Å²) in [7, 11) is 0.218. The molecule has 33 heavy (non-hydrogen) atoms. The van der Waals surface area contributed by atoms with E-state index in [2.05, 4.69) is 39.6 Å². The minimum atomic E-state index is -1.17. The van der Waals surface area contributed by atoms with Crippen LogP contribution >= 0.6 is 0 Å². The van der Waals surface area contributed by atoms with Crippen LogP contribution in [0.2, 0.25) is 25.7 Å². The van der Waals surface area contributed by atoms with E-state index in [-0.39, 0.29) is 30.4 Å². The average Bonchev–Trinajstić information content (AvgIpc) is 2.75. The van der Waals surface area contributed by atoms with Crippen LogP contribution in [0.4, 0.5) is 0 Å². The van der Waals surface area contributed by atoms with Crippen molar-refractivity contribution in [3.8, 4) is 16.9 Å². The van der Waals surface area contributed by atoms with Crippen LogP contribution in [0, 0.1) is 0 Å². The Bertz CT molecular complexity index is 1000. The van der Waals surface area contributed by atoms with Crippen LogP contribution in [0.5, 0.6) is 5.75 Å². The van der Waals surface area contributed by atoms with Gasteiger partial charge in [0.15, 0.2) is 12.6 Å². The second-order valence-corrected chi connectivity index (χ2v) is 16.3. The highest BCUT2D eigenvalue weighted by Gasteiger charge is 2.34. The molecule has 178 valence electrons. The zero-order valence-corrected chi connectivity index (χ0v) is 21.7. The highest BCUT2D eigenvalue weighted by Crippen LogP contribution is 2.43. The lowest BCUT2D eigenvalue weighted by Gasteiger charge is -2.33. The van der Waals surface area contributed by atoms with Gasteiger partial charge in [-0.05, 0) is 52.3 Å². The van der Waals surface area contributed by atoms with E-state index in [1.54, 1.807) is 0 Å². The molecule has 0 spiro atoms. The minimum Gasteiger partial charge on any atom is -0.469 e. The molecule has 0 bridgehead atoms. The summed E-state index contributed by atoms with van der Waals surface area (Å²) in [5, 5.41) is 0. The first-order chi connectivity index (χ1) is 15.5. The van der Waals surface area contributed by atoms with E-state index in [0.717, 1.165) is 34.7 Å². The summed E-state index contributed by atoms with van der Waals surface area (Å²) < 4.78 is 16.6. The molecular weight excluding hydrogens is 432 g/mol. The molecule has 1 aliphatic carbocycles. The van der Waals surface area contributed by atoms with Gasteiger partial charge in [0.05, 0.1) is 19.1 Å². The molecule has 0 heterocycles. The fourth-order valence-electron chi connectivity index (χ4n) is 4.00. The van der Waals surface area contributed by atoms with Crippen LogP contribution in [0.25, 0.3) is 11.1 Å². The summed E-state index contributed by atoms with van der Waals surface area (Å²) in [6, 6.07) is 13.0. The zero-order chi connectivity index (χ0) is 24.2. The molecule has 0 aliphatic heterocycles. The third-order valence-electron chi connectivity index (χ3n) is 6.24. The number of benzene rings is 2. The molecule has 0 saturated heterocycles. The van der Waals surface area contributed by atoms with Crippen LogP contribution < -0.4 is 4.74 Å². The molecule has 2 aromatic carbocycles. The molecule has 0 saturated carbocycles. The molecule has 1 aliphatic rings. The van der Waals surface area contributed by atoms with Gasteiger partial charge in [-0.3, -0.25) is 9.59 Å².